The minimum atomic E-state index is -0.134. The summed E-state index contributed by atoms with van der Waals surface area (Å²) in [6.45, 7) is 3.21. The van der Waals surface area contributed by atoms with E-state index >= 15 is 0 Å². The number of halogens is 1. The molecule has 0 saturated heterocycles. The molecule has 1 N–H and O–H groups in total. The molecule has 1 unspecified atom stereocenters. The Labute approximate surface area is 116 Å². The summed E-state index contributed by atoms with van der Waals surface area (Å²) >= 11 is 0. The van der Waals surface area contributed by atoms with Crippen LogP contribution in [0.5, 0.6) is 0 Å². The second kappa shape index (κ2) is 7.64. The SMILES string of the molecule is CCC(NCCC1CCCCC1)c1cccc(F)c1. The molecule has 1 fully saturated rings. The fraction of sp³-hybridized carbons (Fsp3) is 0.647. The highest BCUT2D eigenvalue weighted by molar-refractivity contribution is 5.19. The molecule has 0 aromatic heterocycles. The molecule has 0 amide bonds. The van der Waals surface area contributed by atoms with E-state index in [-0.39, 0.29) is 5.82 Å². The molecule has 1 nitrogen and oxygen atoms in total. The monoisotopic (exact) mass is 263 g/mol. The van der Waals surface area contributed by atoms with Crippen LogP contribution in [0.2, 0.25) is 0 Å². The second-order valence-corrected chi connectivity index (χ2v) is 5.76. The third kappa shape index (κ3) is 4.61. The zero-order valence-electron chi connectivity index (χ0n) is 12.0. The van der Waals surface area contributed by atoms with E-state index in [0.29, 0.717) is 6.04 Å². The van der Waals surface area contributed by atoms with E-state index in [9.17, 15) is 4.39 Å². The first-order chi connectivity index (χ1) is 9.29. The van der Waals surface area contributed by atoms with Crippen molar-refractivity contribution < 1.29 is 4.39 Å². The average Bonchev–Trinajstić information content (AvgIpc) is 2.45. The summed E-state index contributed by atoms with van der Waals surface area (Å²) in [5.41, 5.74) is 1.08. The summed E-state index contributed by atoms with van der Waals surface area (Å²) in [6, 6.07) is 7.28. The summed E-state index contributed by atoms with van der Waals surface area (Å²) in [7, 11) is 0. The van der Waals surface area contributed by atoms with Gasteiger partial charge >= 0.3 is 0 Å². The summed E-state index contributed by atoms with van der Waals surface area (Å²) < 4.78 is 13.2. The molecule has 1 saturated carbocycles. The molecule has 1 aliphatic carbocycles. The molecule has 1 atom stereocenters. The number of benzene rings is 1. The number of hydrogen-bond donors (Lipinski definition) is 1. The molecular weight excluding hydrogens is 237 g/mol. The first-order valence-electron chi connectivity index (χ1n) is 7.78. The Morgan fingerprint density at radius 3 is 2.74 bits per heavy atom. The van der Waals surface area contributed by atoms with Gasteiger partial charge in [-0.05, 0) is 43.0 Å². The molecule has 0 bridgehead atoms. The molecule has 0 radical (unpaired) electrons. The van der Waals surface area contributed by atoms with Gasteiger partial charge in [-0.1, -0.05) is 51.2 Å². The van der Waals surface area contributed by atoms with Crippen LogP contribution >= 0.6 is 0 Å². The van der Waals surface area contributed by atoms with Gasteiger partial charge in [0, 0.05) is 6.04 Å². The van der Waals surface area contributed by atoms with E-state index in [4.69, 9.17) is 0 Å². The summed E-state index contributed by atoms with van der Waals surface area (Å²) in [5.74, 6) is 0.774. The van der Waals surface area contributed by atoms with Crippen LogP contribution in [0.15, 0.2) is 24.3 Å². The molecule has 1 aromatic rings. The van der Waals surface area contributed by atoms with Crippen molar-refractivity contribution in [1.82, 2.24) is 5.32 Å². The molecule has 106 valence electrons. The van der Waals surface area contributed by atoms with Gasteiger partial charge in [0.2, 0.25) is 0 Å². The number of hydrogen-bond acceptors (Lipinski definition) is 1. The molecule has 0 aliphatic heterocycles. The third-order valence-electron chi connectivity index (χ3n) is 4.33. The maximum atomic E-state index is 13.2. The Hall–Kier alpha value is -0.890. The van der Waals surface area contributed by atoms with Crippen molar-refractivity contribution in [3.05, 3.63) is 35.6 Å². The summed E-state index contributed by atoms with van der Waals surface area (Å²) in [4.78, 5) is 0. The van der Waals surface area contributed by atoms with Crippen LogP contribution in [0.3, 0.4) is 0 Å². The van der Waals surface area contributed by atoms with E-state index in [0.717, 1.165) is 24.4 Å². The maximum absolute atomic E-state index is 13.2. The van der Waals surface area contributed by atoms with Crippen molar-refractivity contribution in [3.8, 4) is 0 Å². The summed E-state index contributed by atoms with van der Waals surface area (Å²) in [5, 5.41) is 3.59. The van der Waals surface area contributed by atoms with Gasteiger partial charge in [0.1, 0.15) is 5.82 Å². The molecule has 0 heterocycles. The van der Waals surface area contributed by atoms with E-state index in [2.05, 4.69) is 12.2 Å². The molecule has 2 rings (SSSR count). The number of nitrogens with one attached hydrogen (secondary N) is 1. The minimum absolute atomic E-state index is 0.134. The smallest absolute Gasteiger partial charge is 0.123 e. The molecule has 19 heavy (non-hydrogen) atoms. The quantitative estimate of drug-likeness (QED) is 0.774. The van der Waals surface area contributed by atoms with Crippen LogP contribution in [0.25, 0.3) is 0 Å². The van der Waals surface area contributed by atoms with Crippen molar-refractivity contribution in [2.24, 2.45) is 5.92 Å². The largest absolute Gasteiger partial charge is 0.310 e. The first-order valence-corrected chi connectivity index (χ1v) is 7.78. The van der Waals surface area contributed by atoms with Gasteiger partial charge in [-0.15, -0.1) is 0 Å². The topological polar surface area (TPSA) is 12.0 Å². The predicted molar refractivity (Wildman–Crippen MR) is 78.6 cm³/mol. The molecule has 1 aromatic carbocycles. The lowest BCUT2D eigenvalue weighted by molar-refractivity contribution is 0.327. The van der Waals surface area contributed by atoms with Crippen LogP contribution in [-0.4, -0.2) is 6.54 Å². The first kappa shape index (κ1) is 14.5. The van der Waals surface area contributed by atoms with Crippen molar-refractivity contribution in [1.29, 1.82) is 0 Å². The number of rotatable bonds is 6. The highest BCUT2D eigenvalue weighted by atomic mass is 19.1. The lowest BCUT2D eigenvalue weighted by Crippen LogP contribution is -2.24. The Bertz CT molecular complexity index is 371. The molecule has 2 heteroatoms. The van der Waals surface area contributed by atoms with Crippen molar-refractivity contribution >= 4 is 0 Å². The second-order valence-electron chi connectivity index (χ2n) is 5.76. The molecule has 0 spiro atoms. The minimum Gasteiger partial charge on any atom is -0.310 e. The van der Waals surface area contributed by atoms with Gasteiger partial charge in [0.05, 0.1) is 0 Å². The van der Waals surface area contributed by atoms with Crippen molar-refractivity contribution in [3.63, 3.8) is 0 Å². The van der Waals surface area contributed by atoms with E-state index in [1.807, 2.05) is 6.07 Å². The lowest BCUT2D eigenvalue weighted by Gasteiger charge is -2.23. The Balaban J connectivity index is 1.79. The predicted octanol–water partition coefficient (Wildman–Crippen LogP) is 4.84. The average molecular weight is 263 g/mol. The highest BCUT2D eigenvalue weighted by Crippen LogP contribution is 2.26. The Kier molecular flexibility index (Phi) is 5.84. The van der Waals surface area contributed by atoms with Gasteiger partial charge in [-0.25, -0.2) is 4.39 Å². The maximum Gasteiger partial charge on any atom is 0.123 e. The Morgan fingerprint density at radius 1 is 1.26 bits per heavy atom. The fourth-order valence-corrected chi connectivity index (χ4v) is 3.16. The van der Waals surface area contributed by atoms with Gasteiger partial charge in [-0.2, -0.15) is 0 Å². The summed E-state index contributed by atoms with van der Waals surface area (Å²) in [6.07, 6.45) is 9.32. The van der Waals surface area contributed by atoms with Crippen LogP contribution in [0, 0.1) is 11.7 Å². The van der Waals surface area contributed by atoms with E-state index < -0.39 is 0 Å². The third-order valence-corrected chi connectivity index (χ3v) is 4.33. The van der Waals surface area contributed by atoms with Crippen LogP contribution in [0.4, 0.5) is 4.39 Å². The Morgan fingerprint density at radius 2 is 2.05 bits per heavy atom. The normalized spacial score (nSPS) is 18.4. The lowest BCUT2D eigenvalue weighted by atomic mass is 9.87. The van der Waals surface area contributed by atoms with E-state index in [1.165, 1.54) is 44.6 Å². The zero-order chi connectivity index (χ0) is 13.5. The van der Waals surface area contributed by atoms with Crippen LogP contribution < -0.4 is 5.32 Å². The van der Waals surface area contributed by atoms with Gasteiger partial charge in [-0.3, -0.25) is 0 Å². The van der Waals surface area contributed by atoms with Crippen molar-refractivity contribution in [2.45, 2.75) is 57.9 Å². The van der Waals surface area contributed by atoms with Gasteiger partial charge in [0.15, 0.2) is 0 Å². The molecule has 1 aliphatic rings. The van der Waals surface area contributed by atoms with Gasteiger partial charge in [0.25, 0.3) is 0 Å². The molecular formula is C17H26FN. The van der Waals surface area contributed by atoms with Crippen LogP contribution in [0.1, 0.15) is 63.5 Å². The van der Waals surface area contributed by atoms with Gasteiger partial charge < -0.3 is 5.32 Å². The van der Waals surface area contributed by atoms with Crippen LogP contribution in [-0.2, 0) is 0 Å². The highest BCUT2D eigenvalue weighted by Gasteiger charge is 2.14. The fourth-order valence-electron chi connectivity index (χ4n) is 3.16. The standard InChI is InChI=1S/C17H26FN/c1-2-17(15-9-6-10-16(18)13-15)19-12-11-14-7-4-3-5-8-14/h6,9-10,13-14,17,19H,2-5,7-8,11-12H2,1H3. The van der Waals surface area contributed by atoms with E-state index in [1.54, 1.807) is 12.1 Å². The zero-order valence-corrected chi connectivity index (χ0v) is 12.0. The van der Waals surface area contributed by atoms with Crippen molar-refractivity contribution in [2.75, 3.05) is 6.54 Å².